The number of nitro benzene ring substituents is 1. The van der Waals surface area contributed by atoms with E-state index < -0.39 is 10.3 Å². The second kappa shape index (κ2) is 5.75. The zero-order valence-electron chi connectivity index (χ0n) is 13.5. The van der Waals surface area contributed by atoms with Crippen molar-refractivity contribution < 1.29 is 9.66 Å². The van der Waals surface area contributed by atoms with Crippen LogP contribution < -0.4 is 4.74 Å². The number of ether oxygens (including phenoxy) is 1. The lowest BCUT2D eigenvalue weighted by Gasteiger charge is -2.18. The molecule has 0 saturated heterocycles. The molecule has 5 nitrogen and oxygen atoms in total. The first-order valence-electron chi connectivity index (χ1n) is 8.23. The zero-order valence-corrected chi connectivity index (χ0v) is 13.5. The highest BCUT2D eigenvalue weighted by atomic mass is 16.6. The van der Waals surface area contributed by atoms with Crippen LogP contribution in [0.15, 0.2) is 54.6 Å². The molecule has 1 fully saturated rings. The summed E-state index contributed by atoms with van der Waals surface area (Å²) in [4.78, 5) is 11.2. The average Bonchev–Trinajstić information content (AvgIpc) is 3.45. The fourth-order valence-electron chi connectivity index (χ4n) is 3.40. The van der Waals surface area contributed by atoms with Crippen molar-refractivity contribution in [1.82, 2.24) is 0 Å². The number of nitrogens with zero attached hydrogens (tertiary/aromatic N) is 2. The van der Waals surface area contributed by atoms with E-state index >= 15 is 0 Å². The Kier molecular flexibility index (Phi) is 3.54. The van der Waals surface area contributed by atoms with Gasteiger partial charge < -0.3 is 4.74 Å². The van der Waals surface area contributed by atoms with Gasteiger partial charge in [-0.25, -0.2) is 0 Å². The topological polar surface area (TPSA) is 76.2 Å². The molecular weight excluding hydrogens is 316 g/mol. The van der Waals surface area contributed by atoms with Gasteiger partial charge in [0.1, 0.15) is 6.61 Å². The maximum absolute atomic E-state index is 11.6. The summed E-state index contributed by atoms with van der Waals surface area (Å²) >= 11 is 0. The number of hydrogen-bond acceptors (Lipinski definition) is 4. The number of allylic oxidation sites excluding steroid dienone is 1. The van der Waals surface area contributed by atoms with Crippen molar-refractivity contribution in [1.29, 1.82) is 5.26 Å². The van der Waals surface area contributed by atoms with Crippen LogP contribution in [0, 0.1) is 21.4 Å². The predicted molar refractivity (Wildman–Crippen MR) is 92.5 cm³/mol. The number of fused-ring (bicyclic) bond motifs is 1. The molecule has 1 atom stereocenters. The van der Waals surface area contributed by atoms with E-state index in [0.717, 1.165) is 29.5 Å². The molecule has 25 heavy (non-hydrogen) atoms. The van der Waals surface area contributed by atoms with Gasteiger partial charge in [-0.1, -0.05) is 42.5 Å². The largest absolute Gasteiger partial charge is 0.482 e. The van der Waals surface area contributed by atoms with Crippen LogP contribution in [0.4, 0.5) is 5.69 Å². The monoisotopic (exact) mass is 332 g/mol. The van der Waals surface area contributed by atoms with Gasteiger partial charge in [-0.3, -0.25) is 10.1 Å². The predicted octanol–water partition coefficient (Wildman–Crippen LogP) is 4.23. The van der Waals surface area contributed by atoms with E-state index in [1.54, 1.807) is 0 Å². The van der Waals surface area contributed by atoms with Crippen LogP contribution in [0.25, 0.3) is 0 Å². The van der Waals surface area contributed by atoms with E-state index in [-0.39, 0.29) is 11.6 Å². The van der Waals surface area contributed by atoms with Crippen molar-refractivity contribution in [2.24, 2.45) is 0 Å². The molecule has 0 radical (unpaired) electrons. The Hall–Kier alpha value is -3.13. The molecule has 1 aliphatic carbocycles. The minimum absolute atomic E-state index is 0.0568. The highest BCUT2D eigenvalue weighted by Crippen LogP contribution is 2.51. The average molecular weight is 332 g/mol. The normalized spacial score (nSPS) is 19.9. The molecule has 0 N–H and O–H groups in total. The molecule has 5 heteroatoms. The van der Waals surface area contributed by atoms with Crippen LogP contribution in [-0.4, -0.2) is 11.5 Å². The molecule has 124 valence electrons. The minimum atomic E-state index is -0.586. The Morgan fingerprint density at radius 2 is 2.00 bits per heavy atom. The van der Waals surface area contributed by atoms with E-state index in [1.807, 2.05) is 48.6 Å². The van der Waals surface area contributed by atoms with Crippen molar-refractivity contribution in [3.05, 3.63) is 81.4 Å². The molecule has 1 unspecified atom stereocenters. The summed E-state index contributed by atoms with van der Waals surface area (Å²) in [5, 5.41) is 21.2. The Morgan fingerprint density at radius 3 is 2.64 bits per heavy atom. The first-order valence-corrected chi connectivity index (χ1v) is 8.23. The van der Waals surface area contributed by atoms with E-state index in [2.05, 4.69) is 6.07 Å². The van der Waals surface area contributed by atoms with Gasteiger partial charge in [0.15, 0.2) is 0 Å². The van der Waals surface area contributed by atoms with Crippen molar-refractivity contribution >= 4 is 5.69 Å². The van der Waals surface area contributed by atoms with Crippen LogP contribution >= 0.6 is 0 Å². The third-order valence-corrected chi connectivity index (χ3v) is 4.96. The molecule has 2 aliphatic rings. The molecule has 4 rings (SSSR count). The molecule has 1 heterocycles. The number of hydrogen-bond donors (Lipinski definition) is 0. The summed E-state index contributed by atoms with van der Waals surface area (Å²) in [6, 6.07) is 15.6. The fraction of sp³-hybridized carbons (Fsp3) is 0.250. The summed E-state index contributed by atoms with van der Waals surface area (Å²) in [6.07, 6.45) is 5.39. The van der Waals surface area contributed by atoms with Crippen molar-refractivity contribution in [2.75, 3.05) is 6.61 Å². The number of rotatable bonds is 3. The van der Waals surface area contributed by atoms with E-state index in [1.165, 1.54) is 6.07 Å². The molecule has 0 amide bonds. The minimum Gasteiger partial charge on any atom is -0.482 e. The summed E-state index contributed by atoms with van der Waals surface area (Å²) < 4.78 is 5.70. The van der Waals surface area contributed by atoms with Gasteiger partial charge >= 0.3 is 5.69 Å². The van der Waals surface area contributed by atoms with Gasteiger partial charge in [-0.05, 0) is 30.0 Å². The van der Waals surface area contributed by atoms with Crippen LogP contribution in [0.3, 0.4) is 0 Å². The van der Waals surface area contributed by atoms with Gasteiger partial charge in [0, 0.05) is 17.5 Å². The quantitative estimate of drug-likeness (QED) is 0.479. The highest BCUT2D eigenvalue weighted by Gasteiger charge is 2.46. The molecule has 1 saturated carbocycles. The van der Waals surface area contributed by atoms with Crippen LogP contribution in [0.2, 0.25) is 0 Å². The fourth-order valence-corrected chi connectivity index (χ4v) is 3.40. The molecule has 0 bridgehead atoms. The smallest absolute Gasteiger partial charge is 0.311 e. The third-order valence-electron chi connectivity index (χ3n) is 4.96. The SMILES string of the molecule is N#CC1(c2cc3c(c([N+](=O)[O-])c2)OCC=CC3c2ccccc2)CC1. The van der Waals surface area contributed by atoms with Crippen molar-refractivity contribution in [2.45, 2.75) is 24.2 Å². The van der Waals surface area contributed by atoms with Gasteiger partial charge in [-0.2, -0.15) is 5.26 Å². The van der Waals surface area contributed by atoms with Crippen LogP contribution in [-0.2, 0) is 5.41 Å². The lowest BCUT2D eigenvalue weighted by molar-refractivity contribution is -0.385. The number of nitro groups is 1. The van der Waals surface area contributed by atoms with E-state index in [0.29, 0.717) is 12.4 Å². The molecule has 2 aromatic carbocycles. The Bertz CT molecular complexity index is 909. The zero-order chi connectivity index (χ0) is 17.4. The van der Waals surface area contributed by atoms with Gasteiger partial charge in [0.25, 0.3) is 0 Å². The Balaban J connectivity index is 1.95. The van der Waals surface area contributed by atoms with Crippen LogP contribution in [0.1, 0.15) is 35.4 Å². The summed E-state index contributed by atoms with van der Waals surface area (Å²) in [7, 11) is 0. The summed E-state index contributed by atoms with van der Waals surface area (Å²) in [5.74, 6) is 0.174. The van der Waals surface area contributed by atoms with Gasteiger partial charge in [-0.15, -0.1) is 0 Å². The molecule has 0 aromatic heterocycles. The Morgan fingerprint density at radius 1 is 1.24 bits per heavy atom. The summed E-state index contributed by atoms with van der Waals surface area (Å²) in [5.41, 5.74) is 1.88. The van der Waals surface area contributed by atoms with Crippen molar-refractivity contribution in [3.63, 3.8) is 0 Å². The maximum atomic E-state index is 11.6. The maximum Gasteiger partial charge on any atom is 0.311 e. The summed E-state index contributed by atoms with van der Waals surface area (Å²) in [6.45, 7) is 0.292. The highest BCUT2D eigenvalue weighted by molar-refractivity contribution is 5.61. The second-order valence-corrected chi connectivity index (χ2v) is 6.49. The lowest BCUT2D eigenvalue weighted by atomic mass is 9.86. The number of nitriles is 1. The van der Waals surface area contributed by atoms with Crippen LogP contribution in [0.5, 0.6) is 5.75 Å². The number of benzene rings is 2. The van der Waals surface area contributed by atoms with E-state index in [4.69, 9.17) is 4.74 Å². The Labute approximate surface area is 145 Å². The van der Waals surface area contributed by atoms with E-state index in [9.17, 15) is 15.4 Å². The standard InChI is InChI=1S/C20H16N2O3/c21-13-20(8-9-20)15-11-17-16(14-5-2-1-3-6-14)7-4-10-25-19(17)18(12-15)22(23)24/h1-7,11-12,16H,8-10H2. The molecular formula is C20H16N2O3. The first kappa shape index (κ1) is 15.4. The lowest BCUT2D eigenvalue weighted by Crippen LogP contribution is -2.09. The molecule has 2 aromatic rings. The third kappa shape index (κ3) is 2.56. The second-order valence-electron chi connectivity index (χ2n) is 6.49. The molecule has 0 spiro atoms. The van der Waals surface area contributed by atoms with Gasteiger partial charge in [0.05, 0.1) is 16.4 Å². The first-order chi connectivity index (χ1) is 12.1. The van der Waals surface area contributed by atoms with Crippen molar-refractivity contribution in [3.8, 4) is 11.8 Å². The molecule has 1 aliphatic heterocycles. The van der Waals surface area contributed by atoms with Gasteiger partial charge in [0.2, 0.25) is 5.75 Å².